The van der Waals surface area contributed by atoms with Gasteiger partial charge in [-0.25, -0.2) is 8.42 Å². The summed E-state index contributed by atoms with van der Waals surface area (Å²) >= 11 is 12.0. The fourth-order valence-electron chi connectivity index (χ4n) is 2.60. The number of benzene rings is 2. The summed E-state index contributed by atoms with van der Waals surface area (Å²) in [6.45, 7) is 4.19. The second-order valence-electron chi connectivity index (χ2n) is 5.61. The van der Waals surface area contributed by atoms with E-state index in [4.69, 9.17) is 23.2 Å². The second-order valence-corrected chi connectivity index (χ2v) is 8.46. The third-order valence-corrected chi connectivity index (χ3v) is 6.29. The van der Waals surface area contributed by atoms with E-state index in [9.17, 15) is 8.42 Å². The van der Waals surface area contributed by atoms with Crippen molar-refractivity contribution in [1.82, 2.24) is 0 Å². The van der Waals surface area contributed by atoms with Gasteiger partial charge in [0.15, 0.2) is 9.84 Å². The van der Waals surface area contributed by atoms with Gasteiger partial charge in [0.2, 0.25) is 0 Å². The molecule has 1 heterocycles. The van der Waals surface area contributed by atoms with E-state index in [-0.39, 0.29) is 10.6 Å². The van der Waals surface area contributed by atoms with Crippen LogP contribution in [0.15, 0.2) is 65.1 Å². The lowest BCUT2D eigenvalue weighted by Crippen LogP contribution is -2.12. The van der Waals surface area contributed by atoms with Crippen LogP contribution in [0.4, 0.5) is 5.69 Å². The average molecular weight is 395 g/mol. The molecule has 0 atom stereocenters. The molecule has 0 fully saturated rings. The van der Waals surface area contributed by atoms with Crippen LogP contribution in [0.1, 0.15) is 12.0 Å². The van der Waals surface area contributed by atoms with Crippen molar-refractivity contribution in [1.29, 1.82) is 0 Å². The van der Waals surface area contributed by atoms with Gasteiger partial charge in [0.1, 0.15) is 0 Å². The maximum absolute atomic E-state index is 12.0. The molecule has 0 spiro atoms. The Morgan fingerprint density at radius 3 is 2.48 bits per heavy atom. The fourth-order valence-corrected chi connectivity index (χ4v) is 3.95. The first-order chi connectivity index (χ1) is 11.9. The Morgan fingerprint density at radius 2 is 1.84 bits per heavy atom. The summed E-state index contributed by atoms with van der Waals surface area (Å²) in [5, 5.41) is 7.47. The maximum atomic E-state index is 12.0. The molecule has 0 aliphatic carbocycles. The van der Waals surface area contributed by atoms with E-state index < -0.39 is 9.84 Å². The van der Waals surface area contributed by atoms with Crippen LogP contribution in [0, 0.1) is 0 Å². The van der Waals surface area contributed by atoms with Gasteiger partial charge in [0.25, 0.3) is 0 Å². The monoisotopic (exact) mass is 394 g/mol. The van der Waals surface area contributed by atoms with Crippen molar-refractivity contribution in [2.45, 2.75) is 11.3 Å². The summed E-state index contributed by atoms with van der Waals surface area (Å²) in [5.74, 6) is -0.0737. The third kappa shape index (κ3) is 3.89. The first-order valence-electron chi connectivity index (χ1n) is 7.65. The van der Waals surface area contributed by atoms with E-state index in [1.165, 1.54) is 6.08 Å². The summed E-state index contributed by atoms with van der Waals surface area (Å²) in [5.41, 5.74) is 2.69. The van der Waals surface area contributed by atoms with Gasteiger partial charge in [-0.05, 0) is 42.0 Å². The summed E-state index contributed by atoms with van der Waals surface area (Å²) in [6, 6.07) is 12.2. The molecule has 0 N–H and O–H groups in total. The van der Waals surface area contributed by atoms with E-state index >= 15 is 0 Å². The Labute approximate surface area is 157 Å². The molecule has 2 aromatic carbocycles. The van der Waals surface area contributed by atoms with Crippen LogP contribution in [-0.4, -0.2) is 26.4 Å². The number of rotatable bonds is 5. The zero-order valence-corrected chi connectivity index (χ0v) is 15.7. The topological polar surface area (TPSA) is 49.7 Å². The molecular formula is C18H16Cl2N2O2S. The first kappa shape index (κ1) is 18.0. The fraction of sp³-hybridized carbons (Fsp3) is 0.167. The van der Waals surface area contributed by atoms with Gasteiger partial charge >= 0.3 is 0 Å². The Kier molecular flexibility index (Phi) is 5.18. The molecule has 0 unspecified atom stereocenters. The zero-order valence-electron chi connectivity index (χ0n) is 13.3. The van der Waals surface area contributed by atoms with Gasteiger partial charge in [-0.1, -0.05) is 35.3 Å². The molecule has 3 rings (SSSR count). The van der Waals surface area contributed by atoms with Gasteiger partial charge < -0.3 is 0 Å². The molecule has 7 heteroatoms. The van der Waals surface area contributed by atoms with E-state index in [0.29, 0.717) is 16.6 Å². The molecule has 1 aliphatic heterocycles. The normalized spacial score (nSPS) is 14.5. The van der Waals surface area contributed by atoms with Crippen LogP contribution >= 0.6 is 23.2 Å². The van der Waals surface area contributed by atoms with Gasteiger partial charge in [0, 0.05) is 13.0 Å². The molecule has 0 amide bonds. The minimum absolute atomic E-state index is 0.0737. The number of nitrogens with zero attached hydrogens (tertiary/aromatic N) is 2. The van der Waals surface area contributed by atoms with Crippen LogP contribution in [0.3, 0.4) is 0 Å². The molecule has 0 radical (unpaired) electrons. The molecule has 130 valence electrons. The van der Waals surface area contributed by atoms with Crippen LogP contribution in [0.5, 0.6) is 0 Å². The van der Waals surface area contributed by atoms with Crippen molar-refractivity contribution in [3.63, 3.8) is 0 Å². The molecule has 0 saturated carbocycles. The second kappa shape index (κ2) is 7.20. The predicted octanol–water partition coefficient (Wildman–Crippen LogP) is 4.57. The van der Waals surface area contributed by atoms with Crippen LogP contribution in [-0.2, 0) is 9.84 Å². The molecule has 25 heavy (non-hydrogen) atoms. The molecule has 1 aliphatic rings. The van der Waals surface area contributed by atoms with Crippen molar-refractivity contribution in [3.8, 4) is 0 Å². The van der Waals surface area contributed by atoms with Crippen molar-refractivity contribution < 1.29 is 8.42 Å². The highest BCUT2D eigenvalue weighted by Crippen LogP contribution is 2.27. The number of hydrogen-bond donors (Lipinski definition) is 0. The summed E-state index contributed by atoms with van der Waals surface area (Å²) < 4.78 is 24.1. The predicted molar refractivity (Wildman–Crippen MR) is 104 cm³/mol. The smallest absolute Gasteiger partial charge is 0.181 e. The minimum atomic E-state index is -3.31. The minimum Gasteiger partial charge on any atom is -0.265 e. The maximum Gasteiger partial charge on any atom is 0.181 e. The molecule has 0 bridgehead atoms. The molecular weight excluding hydrogens is 379 g/mol. The number of hydrogen-bond acceptors (Lipinski definition) is 4. The summed E-state index contributed by atoms with van der Waals surface area (Å²) in [4.78, 5) is 0.282. The van der Waals surface area contributed by atoms with Gasteiger partial charge in [-0.3, -0.25) is 5.01 Å². The highest BCUT2D eigenvalue weighted by molar-refractivity contribution is 7.91. The quantitative estimate of drug-likeness (QED) is 0.697. The Balaban J connectivity index is 1.82. The van der Waals surface area contributed by atoms with E-state index in [1.807, 2.05) is 11.1 Å². The standard InChI is InChI=1S/C18H16Cl2N2O2S/c1-2-11-25(23,24)15-6-4-14(5-7-15)22-10-9-18(21-22)13-3-8-16(19)17(20)12-13/h2-8,12H,1,9-11H2. The van der Waals surface area contributed by atoms with Crippen LogP contribution < -0.4 is 5.01 Å². The van der Waals surface area contributed by atoms with Gasteiger partial charge in [-0.15, -0.1) is 6.58 Å². The van der Waals surface area contributed by atoms with E-state index in [1.54, 1.807) is 36.4 Å². The van der Waals surface area contributed by atoms with Crippen molar-refractivity contribution in [2.24, 2.45) is 5.10 Å². The number of sulfone groups is 1. The number of halogens is 2. The molecule has 0 aromatic heterocycles. The third-order valence-electron chi connectivity index (χ3n) is 3.89. The Hall–Kier alpha value is -1.82. The lowest BCUT2D eigenvalue weighted by atomic mass is 10.1. The Morgan fingerprint density at radius 1 is 1.12 bits per heavy atom. The molecule has 2 aromatic rings. The highest BCUT2D eigenvalue weighted by Gasteiger charge is 2.19. The number of anilines is 1. The highest BCUT2D eigenvalue weighted by atomic mass is 35.5. The van der Waals surface area contributed by atoms with Gasteiger partial charge in [-0.2, -0.15) is 5.10 Å². The lowest BCUT2D eigenvalue weighted by Gasteiger charge is -2.13. The van der Waals surface area contributed by atoms with E-state index in [0.717, 1.165) is 23.4 Å². The summed E-state index contributed by atoms with van der Waals surface area (Å²) in [6.07, 6.45) is 2.16. The Bertz CT molecular complexity index is 938. The van der Waals surface area contributed by atoms with E-state index in [2.05, 4.69) is 11.7 Å². The first-order valence-corrected chi connectivity index (χ1v) is 10.1. The zero-order chi connectivity index (χ0) is 18.0. The number of hydrazone groups is 1. The largest absolute Gasteiger partial charge is 0.265 e. The lowest BCUT2D eigenvalue weighted by molar-refractivity contribution is 0.599. The van der Waals surface area contributed by atoms with Crippen molar-refractivity contribution in [2.75, 3.05) is 17.3 Å². The van der Waals surface area contributed by atoms with Crippen LogP contribution in [0.25, 0.3) is 0 Å². The SMILES string of the molecule is C=CCS(=O)(=O)c1ccc(N2CCC(c3ccc(Cl)c(Cl)c3)=N2)cc1. The van der Waals surface area contributed by atoms with Crippen LogP contribution in [0.2, 0.25) is 10.0 Å². The van der Waals surface area contributed by atoms with Crippen molar-refractivity contribution in [3.05, 3.63) is 70.7 Å². The van der Waals surface area contributed by atoms with Crippen molar-refractivity contribution >= 4 is 44.4 Å². The average Bonchev–Trinajstić information content (AvgIpc) is 3.07. The molecule has 4 nitrogen and oxygen atoms in total. The summed E-state index contributed by atoms with van der Waals surface area (Å²) in [7, 11) is -3.31. The van der Waals surface area contributed by atoms with Gasteiger partial charge in [0.05, 0.1) is 32.1 Å². The molecule has 0 saturated heterocycles.